The molecule has 5 heteroatoms. The van der Waals surface area contributed by atoms with Crippen LogP contribution in [0.2, 0.25) is 5.02 Å². The molecule has 0 spiro atoms. The number of ether oxygens (including phenoxy) is 1. The zero-order valence-electron chi connectivity index (χ0n) is 17.2. The standard InChI is InChI=1S/C23H26ClNO2S/c1-7-18-25-17-12-13(2)19(21(14(3)26)27-23(4,5)6)20(22(17)28-18)15-8-10-16(24)11-9-15/h8-12,21H,7H2,1-6H3/t21-/m1/s1. The van der Waals surface area contributed by atoms with Gasteiger partial charge in [-0.05, 0) is 70.4 Å². The Morgan fingerprint density at radius 1 is 1.25 bits per heavy atom. The number of carbonyl (C=O) groups excluding carboxylic acids is 1. The molecule has 0 aliphatic rings. The number of hydrogen-bond donors (Lipinski definition) is 0. The van der Waals surface area contributed by atoms with Gasteiger partial charge >= 0.3 is 0 Å². The summed E-state index contributed by atoms with van der Waals surface area (Å²) < 4.78 is 7.33. The van der Waals surface area contributed by atoms with Crippen molar-refractivity contribution in [2.24, 2.45) is 0 Å². The predicted octanol–water partition coefficient (Wildman–Crippen LogP) is 6.93. The van der Waals surface area contributed by atoms with Crippen LogP contribution in [-0.2, 0) is 16.0 Å². The van der Waals surface area contributed by atoms with Crippen molar-refractivity contribution in [3.63, 3.8) is 0 Å². The van der Waals surface area contributed by atoms with Crippen molar-refractivity contribution < 1.29 is 9.53 Å². The second-order valence-corrected chi connectivity index (χ2v) is 9.54. The Hall–Kier alpha value is -1.75. The molecule has 148 valence electrons. The van der Waals surface area contributed by atoms with E-state index in [0.29, 0.717) is 5.02 Å². The lowest BCUT2D eigenvalue weighted by Gasteiger charge is -2.29. The summed E-state index contributed by atoms with van der Waals surface area (Å²) >= 11 is 7.81. The Bertz CT molecular complexity index is 1020. The van der Waals surface area contributed by atoms with Crippen LogP contribution in [0.25, 0.3) is 21.3 Å². The highest BCUT2D eigenvalue weighted by atomic mass is 35.5. The Morgan fingerprint density at radius 3 is 2.43 bits per heavy atom. The molecule has 1 aromatic heterocycles. The number of halogens is 1. The van der Waals surface area contributed by atoms with Crippen LogP contribution in [0.5, 0.6) is 0 Å². The zero-order chi connectivity index (χ0) is 20.6. The first-order valence-corrected chi connectivity index (χ1v) is 10.7. The molecule has 0 bridgehead atoms. The topological polar surface area (TPSA) is 39.2 Å². The van der Waals surface area contributed by atoms with Gasteiger partial charge in [0, 0.05) is 16.1 Å². The summed E-state index contributed by atoms with van der Waals surface area (Å²) in [6, 6.07) is 9.83. The lowest BCUT2D eigenvalue weighted by Crippen LogP contribution is -2.27. The van der Waals surface area contributed by atoms with Crippen molar-refractivity contribution in [1.29, 1.82) is 0 Å². The van der Waals surface area contributed by atoms with Gasteiger partial charge in [-0.15, -0.1) is 11.3 Å². The third kappa shape index (κ3) is 4.29. The first-order chi connectivity index (χ1) is 13.1. The molecule has 3 rings (SSSR count). The molecular formula is C23H26ClNO2S. The van der Waals surface area contributed by atoms with Crippen LogP contribution >= 0.6 is 22.9 Å². The molecule has 0 amide bonds. The Kier molecular flexibility index (Phi) is 5.95. The van der Waals surface area contributed by atoms with E-state index in [-0.39, 0.29) is 5.78 Å². The number of ketones is 1. The monoisotopic (exact) mass is 415 g/mol. The van der Waals surface area contributed by atoms with E-state index in [2.05, 4.69) is 13.0 Å². The minimum Gasteiger partial charge on any atom is -0.360 e. The summed E-state index contributed by atoms with van der Waals surface area (Å²) in [4.78, 5) is 17.4. The molecule has 3 aromatic rings. The van der Waals surface area contributed by atoms with Crippen LogP contribution in [0.15, 0.2) is 30.3 Å². The lowest BCUT2D eigenvalue weighted by atomic mass is 9.90. The fourth-order valence-corrected chi connectivity index (χ4v) is 4.54. The summed E-state index contributed by atoms with van der Waals surface area (Å²) in [5.74, 6) is -0.00665. The maximum Gasteiger partial charge on any atom is 0.163 e. The maximum absolute atomic E-state index is 12.7. The van der Waals surface area contributed by atoms with Gasteiger partial charge in [-0.1, -0.05) is 30.7 Å². The first kappa shape index (κ1) is 21.0. The van der Waals surface area contributed by atoms with Gasteiger partial charge in [-0.3, -0.25) is 4.79 Å². The van der Waals surface area contributed by atoms with Crippen molar-refractivity contribution in [1.82, 2.24) is 4.98 Å². The average molecular weight is 416 g/mol. The zero-order valence-corrected chi connectivity index (χ0v) is 18.8. The van der Waals surface area contributed by atoms with Gasteiger partial charge in [0.25, 0.3) is 0 Å². The van der Waals surface area contributed by atoms with E-state index in [9.17, 15) is 4.79 Å². The van der Waals surface area contributed by atoms with E-state index < -0.39 is 11.7 Å². The van der Waals surface area contributed by atoms with Gasteiger partial charge in [-0.2, -0.15) is 0 Å². The van der Waals surface area contributed by atoms with Crippen LogP contribution in [0, 0.1) is 6.92 Å². The second kappa shape index (κ2) is 7.94. The van der Waals surface area contributed by atoms with Gasteiger partial charge in [0.1, 0.15) is 6.10 Å². The van der Waals surface area contributed by atoms with Gasteiger partial charge in [0.2, 0.25) is 0 Å². The van der Waals surface area contributed by atoms with E-state index >= 15 is 0 Å². The molecule has 1 atom stereocenters. The molecule has 0 unspecified atom stereocenters. The molecule has 2 aromatic carbocycles. The fourth-order valence-electron chi connectivity index (χ4n) is 3.35. The molecule has 3 nitrogen and oxygen atoms in total. The van der Waals surface area contributed by atoms with Gasteiger partial charge < -0.3 is 4.74 Å². The van der Waals surface area contributed by atoms with Gasteiger partial charge in [0.05, 0.1) is 20.8 Å². The van der Waals surface area contributed by atoms with Crippen molar-refractivity contribution in [2.45, 2.75) is 59.7 Å². The molecular weight excluding hydrogens is 390 g/mol. The smallest absolute Gasteiger partial charge is 0.163 e. The van der Waals surface area contributed by atoms with E-state index in [1.165, 1.54) is 0 Å². The number of rotatable bonds is 5. The molecule has 1 heterocycles. The highest BCUT2D eigenvalue weighted by molar-refractivity contribution is 7.19. The number of hydrogen-bond acceptors (Lipinski definition) is 4. The summed E-state index contributed by atoms with van der Waals surface area (Å²) in [7, 11) is 0. The van der Waals surface area contributed by atoms with Crippen molar-refractivity contribution in [3.05, 3.63) is 51.5 Å². The third-order valence-electron chi connectivity index (χ3n) is 4.51. The number of Topliss-reactive ketones (excluding diaryl/α,β-unsaturated/α-hetero) is 1. The normalized spacial score (nSPS) is 13.1. The predicted molar refractivity (Wildman–Crippen MR) is 118 cm³/mol. The summed E-state index contributed by atoms with van der Waals surface area (Å²) in [6.45, 7) is 11.6. The lowest BCUT2D eigenvalue weighted by molar-refractivity contribution is -0.138. The van der Waals surface area contributed by atoms with Crippen LogP contribution in [0.4, 0.5) is 0 Å². The Balaban J connectivity index is 2.37. The highest BCUT2D eigenvalue weighted by Crippen LogP contribution is 2.43. The first-order valence-electron chi connectivity index (χ1n) is 9.48. The molecule has 0 aliphatic carbocycles. The summed E-state index contributed by atoms with van der Waals surface area (Å²) in [5.41, 5.74) is 4.48. The highest BCUT2D eigenvalue weighted by Gasteiger charge is 2.30. The number of benzene rings is 2. The number of aryl methyl sites for hydroxylation is 2. The summed E-state index contributed by atoms with van der Waals surface area (Å²) in [5, 5.41) is 1.76. The number of fused-ring (bicyclic) bond motifs is 1. The quantitative estimate of drug-likeness (QED) is 0.453. The van der Waals surface area contributed by atoms with Crippen molar-refractivity contribution >= 4 is 38.9 Å². The average Bonchev–Trinajstić information content (AvgIpc) is 3.01. The molecule has 0 aliphatic heterocycles. The largest absolute Gasteiger partial charge is 0.360 e. The van der Waals surface area contributed by atoms with E-state index in [0.717, 1.165) is 43.9 Å². The van der Waals surface area contributed by atoms with E-state index in [1.807, 2.05) is 52.0 Å². The number of carbonyl (C=O) groups is 1. The van der Waals surface area contributed by atoms with Crippen LogP contribution < -0.4 is 0 Å². The van der Waals surface area contributed by atoms with Crippen LogP contribution in [-0.4, -0.2) is 16.4 Å². The molecule has 0 N–H and O–H groups in total. The van der Waals surface area contributed by atoms with Crippen LogP contribution in [0.3, 0.4) is 0 Å². The van der Waals surface area contributed by atoms with E-state index in [4.69, 9.17) is 21.3 Å². The fraction of sp³-hybridized carbons (Fsp3) is 0.391. The summed E-state index contributed by atoms with van der Waals surface area (Å²) in [6.07, 6.45) is 0.241. The van der Waals surface area contributed by atoms with Gasteiger partial charge in [-0.25, -0.2) is 4.98 Å². The van der Waals surface area contributed by atoms with Crippen molar-refractivity contribution in [3.8, 4) is 11.1 Å². The molecule has 0 fully saturated rings. The Morgan fingerprint density at radius 2 is 1.89 bits per heavy atom. The number of thiazole rings is 1. The molecule has 28 heavy (non-hydrogen) atoms. The van der Waals surface area contributed by atoms with Gasteiger partial charge in [0.15, 0.2) is 5.78 Å². The Labute approximate surface area is 175 Å². The van der Waals surface area contributed by atoms with Crippen molar-refractivity contribution in [2.75, 3.05) is 0 Å². The molecule has 0 saturated heterocycles. The minimum absolute atomic E-state index is 0.00665. The third-order valence-corrected chi connectivity index (χ3v) is 6.00. The SMILES string of the molecule is CCc1nc2cc(C)c([C@H](OC(C)(C)C)C(C)=O)c(-c3ccc(Cl)cc3)c2s1. The maximum atomic E-state index is 12.7. The second-order valence-electron chi connectivity index (χ2n) is 8.02. The van der Waals surface area contributed by atoms with E-state index in [1.54, 1.807) is 18.3 Å². The van der Waals surface area contributed by atoms with Crippen LogP contribution in [0.1, 0.15) is 56.9 Å². The number of nitrogens with zero attached hydrogens (tertiary/aromatic N) is 1. The number of aromatic nitrogens is 1. The minimum atomic E-state index is -0.637. The molecule has 0 saturated carbocycles. The molecule has 0 radical (unpaired) electrons.